The number of hydrogen-bond acceptors (Lipinski definition) is 3. The fourth-order valence-corrected chi connectivity index (χ4v) is 1.53. The van der Waals surface area contributed by atoms with E-state index < -0.39 is 0 Å². The quantitative estimate of drug-likeness (QED) is 0.654. The maximum atomic E-state index is 11.8. The lowest BCUT2D eigenvalue weighted by atomic mass is 10.2. The summed E-state index contributed by atoms with van der Waals surface area (Å²) in [5, 5.41) is 2.51. The van der Waals surface area contributed by atoms with Gasteiger partial charge in [0.2, 0.25) is 11.8 Å². The molecule has 0 heterocycles. The fourth-order valence-electron chi connectivity index (χ4n) is 1.53. The number of nitrogens with two attached hydrogens (primary N) is 1. The van der Waals surface area contributed by atoms with Gasteiger partial charge in [-0.05, 0) is 32.6 Å². The third-order valence-electron chi connectivity index (χ3n) is 2.72. The molecule has 0 saturated heterocycles. The van der Waals surface area contributed by atoms with Crippen LogP contribution in [0.1, 0.15) is 26.7 Å². The van der Waals surface area contributed by atoms with Crippen molar-refractivity contribution in [3.8, 4) is 0 Å². The van der Waals surface area contributed by atoms with Gasteiger partial charge in [0.05, 0.1) is 13.1 Å². The summed E-state index contributed by atoms with van der Waals surface area (Å²) in [7, 11) is 0. The van der Waals surface area contributed by atoms with Gasteiger partial charge in [-0.25, -0.2) is 0 Å². The molecular weight excluding hydrogens is 206 g/mol. The SMILES string of the molecule is CC(C)N(CC1CC1)C(=O)CNC(=O)CN. The minimum absolute atomic E-state index is 0.0244. The van der Waals surface area contributed by atoms with E-state index in [9.17, 15) is 9.59 Å². The van der Waals surface area contributed by atoms with Crippen LogP contribution in [0.4, 0.5) is 0 Å². The first kappa shape index (κ1) is 13.0. The molecule has 2 amide bonds. The molecule has 3 N–H and O–H groups in total. The summed E-state index contributed by atoms with van der Waals surface area (Å²) in [5.41, 5.74) is 5.15. The van der Waals surface area contributed by atoms with Crippen molar-refractivity contribution in [2.45, 2.75) is 32.7 Å². The number of amides is 2. The van der Waals surface area contributed by atoms with Gasteiger partial charge in [-0.1, -0.05) is 0 Å². The van der Waals surface area contributed by atoms with Crippen LogP contribution in [-0.2, 0) is 9.59 Å². The molecular formula is C11H21N3O2. The molecule has 1 aliphatic rings. The van der Waals surface area contributed by atoms with Crippen LogP contribution in [0.5, 0.6) is 0 Å². The van der Waals surface area contributed by atoms with Crippen LogP contribution in [0.3, 0.4) is 0 Å². The van der Waals surface area contributed by atoms with Gasteiger partial charge in [-0.3, -0.25) is 9.59 Å². The van der Waals surface area contributed by atoms with Gasteiger partial charge in [0.25, 0.3) is 0 Å². The third kappa shape index (κ3) is 4.18. The molecule has 1 fully saturated rings. The van der Waals surface area contributed by atoms with Crippen LogP contribution >= 0.6 is 0 Å². The van der Waals surface area contributed by atoms with E-state index in [1.165, 1.54) is 12.8 Å². The number of carbonyl (C=O) groups is 2. The molecule has 0 bridgehead atoms. The van der Waals surface area contributed by atoms with E-state index in [-0.39, 0.29) is 30.9 Å². The highest BCUT2D eigenvalue weighted by Gasteiger charge is 2.27. The van der Waals surface area contributed by atoms with E-state index >= 15 is 0 Å². The molecule has 5 heteroatoms. The highest BCUT2D eigenvalue weighted by atomic mass is 16.2. The standard InChI is InChI=1S/C11H21N3O2/c1-8(2)14(7-9-3-4-9)11(16)6-13-10(15)5-12/h8-9H,3-7,12H2,1-2H3,(H,13,15). The predicted octanol–water partition coefficient (Wildman–Crippen LogP) is -0.292. The predicted molar refractivity (Wildman–Crippen MR) is 61.6 cm³/mol. The van der Waals surface area contributed by atoms with E-state index in [0.29, 0.717) is 5.92 Å². The summed E-state index contributed by atoms with van der Waals surface area (Å²) in [6, 6.07) is 0.183. The van der Waals surface area contributed by atoms with Crippen molar-refractivity contribution in [2.24, 2.45) is 11.7 Å². The first-order chi connectivity index (χ1) is 7.54. The van der Waals surface area contributed by atoms with Crippen LogP contribution in [-0.4, -0.2) is 42.4 Å². The molecule has 1 saturated carbocycles. The Morgan fingerprint density at radius 1 is 1.44 bits per heavy atom. The van der Waals surface area contributed by atoms with Gasteiger partial charge in [-0.2, -0.15) is 0 Å². The molecule has 0 aromatic carbocycles. The van der Waals surface area contributed by atoms with Gasteiger partial charge in [0, 0.05) is 12.6 Å². The lowest BCUT2D eigenvalue weighted by molar-refractivity contribution is -0.134. The Morgan fingerprint density at radius 2 is 2.06 bits per heavy atom. The van der Waals surface area contributed by atoms with Crippen LogP contribution < -0.4 is 11.1 Å². The Bertz CT molecular complexity index is 262. The summed E-state index contributed by atoms with van der Waals surface area (Å²) < 4.78 is 0. The summed E-state index contributed by atoms with van der Waals surface area (Å²) in [6.45, 7) is 4.78. The fraction of sp³-hybridized carbons (Fsp3) is 0.818. The third-order valence-corrected chi connectivity index (χ3v) is 2.72. The average molecular weight is 227 g/mol. The molecule has 16 heavy (non-hydrogen) atoms. The van der Waals surface area contributed by atoms with Crippen molar-refractivity contribution in [2.75, 3.05) is 19.6 Å². The first-order valence-corrected chi connectivity index (χ1v) is 5.80. The second-order valence-electron chi connectivity index (χ2n) is 4.56. The summed E-state index contributed by atoms with van der Waals surface area (Å²) in [4.78, 5) is 24.6. The van der Waals surface area contributed by atoms with Gasteiger partial charge < -0.3 is 16.0 Å². The van der Waals surface area contributed by atoms with E-state index in [2.05, 4.69) is 5.32 Å². The Hall–Kier alpha value is -1.10. The summed E-state index contributed by atoms with van der Waals surface area (Å²) >= 11 is 0. The van der Waals surface area contributed by atoms with Crippen LogP contribution in [0.25, 0.3) is 0 Å². The molecule has 92 valence electrons. The minimum atomic E-state index is -0.288. The minimum Gasteiger partial charge on any atom is -0.346 e. The van der Waals surface area contributed by atoms with Crippen molar-refractivity contribution in [3.05, 3.63) is 0 Å². The largest absolute Gasteiger partial charge is 0.346 e. The van der Waals surface area contributed by atoms with Crippen LogP contribution in [0.15, 0.2) is 0 Å². The highest BCUT2D eigenvalue weighted by Crippen LogP contribution is 2.30. The zero-order valence-corrected chi connectivity index (χ0v) is 10.0. The van der Waals surface area contributed by atoms with Gasteiger partial charge in [-0.15, -0.1) is 0 Å². The summed E-state index contributed by atoms with van der Waals surface area (Å²) in [6.07, 6.45) is 2.43. The second-order valence-corrected chi connectivity index (χ2v) is 4.56. The number of nitrogens with one attached hydrogen (secondary N) is 1. The normalized spacial score (nSPS) is 15.0. The average Bonchev–Trinajstić information content (AvgIpc) is 3.05. The van der Waals surface area contributed by atoms with Crippen molar-refractivity contribution < 1.29 is 9.59 Å². The molecule has 0 radical (unpaired) electrons. The molecule has 0 aliphatic heterocycles. The van der Waals surface area contributed by atoms with Crippen molar-refractivity contribution in [1.29, 1.82) is 0 Å². The topological polar surface area (TPSA) is 75.4 Å². The lowest BCUT2D eigenvalue weighted by Crippen LogP contribution is -2.45. The number of carbonyl (C=O) groups excluding carboxylic acids is 2. The molecule has 0 spiro atoms. The second kappa shape index (κ2) is 5.84. The van der Waals surface area contributed by atoms with Gasteiger partial charge in [0.1, 0.15) is 0 Å². The van der Waals surface area contributed by atoms with Crippen LogP contribution in [0.2, 0.25) is 0 Å². The molecule has 1 rings (SSSR count). The molecule has 1 aliphatic carbocycles. The number of nitrogens with zero attached hydrogens (tertiary/aromatic N) is 1. The van der Waals surface area contributed by atoms with Crippen molar-refractivity contribution in [1.82, 2.24) is 10.2 Å². The van der Waals surface area contributed by atoms with Crippen molar-refractivity contribution >= 4 is 11.8 Å². The smallest absolute Gasteiger partial charge is 0.242 e. The zero-order chi connectivity index (χ0) is 12.1. The van der Waals surface area contributed by atoms with Crippen LogP contribution in [0, 0.1) is 5.92 Å². The molecule has 0 aromatic heterocycles. The Kier molecular flexibility index (Phi) is 4.73. The molecule has 5 nitrogen and oxygen atoms in total. The molecule has 0 aromatic rings. The summed E-state index contributed by atoms with van der Waals surface area (Å²) in [5.74, 6) is 0.351. The molecule has 0 atom stereocenters. The Balaban J connectivity index is 2.37. The van der Waals surface area contributed by atoms with E-state index in [1.807, 2.05) is 18.7 Å². The maximum Gasteiger partial charge on any atom is 0.242 e. The Morgan fingerprint density at radius 3 is 2.50 bits per heavy atom. The van der Waals surface area contributed by atoms with Crippen molar-refractivity contribution in [3.63, 3.8) is 0 Å². The Labute approximate surface area is 96.4 Å². The van der Waals surface area contributed by atoms with E-state index in [4.69, 9.17) is 5.73 Å². The monoisotopic (exact) mass is 227 g/mol. The maximum absolute atomic E-state index is 11.8. The molecule has 0 unspecified atom stereocenters. The van der Waals surface area contributed by atoms with Gasteiger partial charge >= 0.3 is 0 Å². The van der Waals surface area contributed by atoms with E-state index in [1.54, 1.807) is 0 Å². The van der Waals surface area contributed by atoms with Gasteiger partial charge in [0.15, 0.2) is 0 Å². The lowest BCUT2D eigenvalue weighted by Gasteiger charge is -2.26. The number of hydrogen-bond donors (Lipinski definition) is 2. The number of rotatable bonds is 6. The first-order valence-electron chi connectivity index (χ1n) is 5.80. The zero-order valence-electron chi connectivity index (χ0n) is 10.0. The van der Waals surface area contributed by atoms with E-state index in [0.717, 1.165) is 6.54 Å². The highest BCUT2D eigenvalue weighted by molar-refractivity contribution is 5.85.